The second kappa shape index (κ2) is 7.39. The molecule has 0 aromatic rings. The molecule has 0 bridgehead atoms. The van der Waals surface area contributed by atoms with E-state index in [0.717, 1.165) is 31.6 Å². The molecule has 0 heterocycles. The Labute approximate surface area is 109 Å². The highest BCUT2D eigenvalue weighted by atomic mass is 16.4. The number of hydrogen-bond donors (Lipinski definition) is 2. The molecule has 4 heteroatoms. The number of aliphatic carboxylic acids is 1. The summed E-state index contributed by atoms with van der Waals surface area (Å²) in [6.07, 6.45) is 5.08. The lowest BCUT2D eigenvalue weighted by Crippen LogP contribution is -2.35. The van der Waals surface area contributed by atoms with E-state index in [2.05, 4.69) is 12.2 Å². The zero-order valence-electron chi connectivity index (χ0n) is 11.4. The number of carboxylic acids is 1. The number of hydrogen-bond acceptors (Lipinski definition) is 2. The van der Waals surface area contributed by atoms with Crippen LogP contribution in [0, 0.1) is 17.8 Å². The molecule has 0 radical (unpaired) electrons. The molecule has 1 fully saturated rings. The number of nitrogens with one attached hydrogen (secondary N) is 1. The highest BCUT2D eigenvalue weighted by Crippen LogP contribution is 2.28. The maximum Gasteiger partial charge on any atom is 0.303 e. The monoisotopic (exact) mass is 255 g/mol. The number of carbonyl (C=O) groups excluding carboxylic acids is 1. The van der Waals surface area contributed by atoms with Crippen molar-refractivity contribution in [1.82, 2.24) is 5.32 Å². The van der Waals surface area contributed by atoms with Crippen LogP contribution in [0.4, 0.5) is 0 Å². The van der Waals surface area contributed by atoms with Gasteiger partial charge in [-0.2, -0.15) is 0 Å². The molecule has 1 amide bonds. The van der Waals surface area contributed by atoms with E-state index in [1.807, 2.05) is 6.92 Å². The second-order valence-electron chi connectivity index (χ2n) is 5.74. The smallest absolute Gasteiger partial charge is 0.303 e. The molecule has 104 valence electrons. The molecule has 0 saturated heterocycles. The largest absolute Gasteiger partial charge is 0.481 e. The Hall–Kier alpha value is -1.06. The fourth-order valence-corrected chi connectivity index (χ4v) is 2.41. The lowest BCUT2D eigenvalue weighted by Gasteiger charge is -2.25. The van der Waals surface area contributed by atoms with E-state index in [9.17, 15) is 9.59 Å². The van der Waals surface area contributed by atoms with Crippen molar-refractivity contribution in [3.05, 3.63) is 0 Å². The maximum absolute atomic E-state index is 11.9. The Bertz CT molecular complexity index is 283. The van der Waals surface area contributed by atoms with Gasteiger partial charge in [-0.15, -0.1) is 0 Å². The van der Waals surface area contributed by atoms with Crippen LogP contribution < -0.4 is 5.32 Å². The molecule has 2 N–H and O–H groups in total. The summed E-state index contributed by atoms with van der Waals surface area (Å²) in [7, 11) is 0. The van der Waals surface area contributed by atoms with Gasteiger partial charge in [-0.25, -0.2) is 0 Å². The highest BCUT2D eigenvalue weighted by molar-refractivity contribution is 5.78. The molecule has 1 saturated carbocycles. The van der Waals surface area contributed by atoms with Gasteiger partial charge in [-0.05, 0) is 43.9 Å². The zero-order chi connectivity index (χ0) is 13.5. The van der Waals surface area contributed by atoms with E-state index >= 15 is 0 Å². The van der Waals surface area contributed by atoms with Gasteiger partial charge in [-0.3, -0.25) is 9.59 Å². The van der Waals surface area contributed by atoms with Crippen LogP contribution in [0.2, 0.25) is 0 Å². The normalized spacial score (nSPS) is 25.4. The predicted octanol–water partition coefficient (Wildman–Crippen LogP) is 2.43. The van der Waals surface area contributed by atoms with Gasteiger partial charge < -0.3 is 10.4 Å². The fraction of sp³-hybridized carbons (Fsp3) is 0.857. The SMILES string of the molecule is CC1CCC(C(=O)NCC(C)CCC(=O)O)CC1. The molecule has 1 atom stereocenters. The van der Waals surface area contributed by atoms with Gasteiger partial charge in [0.2, 0.25) is 5.91 Å². The van der Waals surface area contributed by atoms with Crippen LogP contribution in [-0.4, -0.2) is 23.5 Å². The minimum Gasteiger partial charge on any atom is -0.481 e. The molecule has 1 unspecified atom stereocenters. The summed E-state index contributed by atoms with van der Waals surface area (Å²) in [6, 6.07) is 0. The number of rotatable bonds is 6. The summed E-state index contributed by atoms with van der Waals surface area (Å²) in [5.74, 6) is 0.544. The first-order valence-electron chi connectivity index (χ1n) is 6.98. The van der Waals surface area contributed by atoms with E-state index in [0.29, 0.717) is 13.0 Å². The number of carboxylic acid groups (broad SMARTS) is 1. The van der Waals surface area contributed by atoms with Gasteiger partial charge in [0.1, 0.15) is 0 Å². The van der Waals surface area contributed by atoms with Gasteiger partial charge in [0.15, 0.2) is 0 Å². The lowest BCUT2D eigenvalue weighted by molar-refractivity contribution is -0.137. The minimum atomic E-state index is -0.769. The van der Waals surface area contributed by atoms with Crippen molar-refractivity contribution in [2.24, 2.45) is 17.8 Å². The molecule has 1 aliphatic rings. The van der Waals surface area contributed by atoms with Crippen molar-refractivity contribution in [3.8, 4) is 0 Å². The molecular formula is C14H25NO3. The Balaban J connectivity index is 2.18. The van der Waals surface area contributed by atoms with Crippen molar-refractivity contribution in [2.75, 3.05) is 6.54 Å². The third kappa shape index (κ3) is 5.52. The van der Waals surface area contributed by atoms with Crippen LogP contribution >= 0.6 is 0 Å². The first-order valence-corrected chi connectivity index (χ1v) is 6.98. The van der Waals surface area contributed by atoms with E-state index in [1.165, 1.54) is 0 Å². The van der Waals surface area contributed by atoms with E-state index < -0.39 is 5.97 Å². The lowest BCUT2D eigenvalue weighted by atomic mass is 9.82. The summed E-state index contributed by atoms with van der Waals surface area (Å²) >= 11 is 0. The molecule has 0 aromatic carbocycles. The number of amides is 1. The molecule has 18 heavy (non-hydrogen) atoms. The molecule has 0 spiro atoms. The van der Waals surface area contributed by atoms with Crippen LogP contribution in [0.25, 0.3) is 0 Å². The van der Waals surface area contributed by atoms with Gasteiger partial charge in [0.05, 0.1) is 0 Å². The quantitative estimate of drug-likeness (QED) is 0.766. The van der Waals surface area contributed by atoms with Crippen molar-refractivity contribution in [3.63, 3.8) is 0 Å². The standard InChI is InChI=1S/C14H25NO3/c1-10-3-6-12(7-4-10)14(18)15-9-11(2)5-8-13(16)17/h10-12H,3-9H2,1-2H3,(H,15,18)(H,16,17). The third-order valence-electron chi connectivity index (χ3n) is 3.86. The highest BCUT2D eigenvalue weighted by Gasteiger charge is 2.24. The molecule has 1 rings (SSSR count). The van der Waals surface area contributed by atoms with Gasteiger partial charge in [-0.1, -0.05) is 13.8 Å². The first-order chi connectivity index (χ1) is 8.49. The Kier molecular flexibility index (Phi) is 6.16. The van der Waals surface area contributed by atoms with Crippen molar-refractivity contribution >= 4 is 11.9 Å². The minimum absolute atomic E-state index is 0.157. The zero-order valence-corrected chi connectivity index (χ0v) is 11.4. The van der Waals surface area contributed by atoms with Crippen molar-refractivity contribution in [2.45, 2.75) is 52.4 Å². The average Bonchev–Trinajstić information content (AvgIpc) is 2.34. The summed E-state index contributed by atoms with van der Waals surface area (Å²) in [5, 5.41) is 11.5. The molecule has 0 aromatic heterocycles. The van der Waals surface area contributed by atoms with Gasteiger partial charge in [0, 0.05) is 18.9 Å². The van der Waals surface area contributed by atoms with Crippen LogP contribution in [0.5, 0.6) is 0 Å². The predicted molar refractivity (Wildman–Crippen MR) is 70.2 cm³/mol. The first kappa shape index (κ1) is 15.0. The third-order valence-corrected chi connectivity index (χ3v) is 3.86. The van der Waals surface area contributed by atoms with E-state index in [-0.39, 0.29) is 24.2 Å². The average molecular weight is 255 g/mol. The Morgan fingerprint density at radius 3 is 2.44 bits per heavy atom. The molecular weight excluding hydrogens is 230 g/mol. The summed E-state index contributed by atoms with van der Waals surface area (Å²) in [5.41, 5.74) is 0. The van der Waals surface area contributed by atoms with Crippen molar-refractivity contribution in [1.29, 1.82) is 0 Å². The second-order valence-corrected chi connectivity index (χ2v) is 5.74. The molecule has 1 aliphatic carbocycles. The Morgan fingerprint density at radius 1 is 1.28 bits per heavy atom. The fourth-order valence-electron chi connectivity index (χ4n) is 2.41. The Morgan fingerprint density at radius 2 is 1.89 bits per heavy atom. The van der Waals surface area contributed by atoms with Crippen LogP contribution in [-0.2, 0) is 9.59 Å². The molecule has 0 aliphatic heterocycles. The van der Waals surface area contributed by atoms with Gasteiger partial charge >= 0.3 is 5.97 Å². The summed E-state index contributed by atoms with van der Waals surface area (Å²) in [4.78, 5) is 22.4. The summed E-state index contributed by atoms with van der Waals surface area (Å²) in [6.45, 7) is 4.81. The molecule has 4 nitrogen and oxygen atoms in total. The van der Waals surface area contributed by atoms with Crippen LogP contribution in [0.1, 0.15) is 52.4 Å². The van der Waals surface area contributed by atoms with Crippen molar-refractivity contribution < 1.29 is 14.7 Å². The summed E-state index contributed by atoms with van der Waals surface area (Å²) < 4.78 is 0. The van der Waals surface area contributed by atoms with Gasteiger partial charge in [0.25, 0.3) is 0 Å². The van der Waals surface area contributed by atoms with E-state index in [1.54, 1.807) is 0 Å². The topological polar surface area (TPSA) is 66.4 Å². The van der Waals surface area contributed by atoms with E-state index in [4.69, 9.17) is 5.11 Å². The maximum atomic E-state index is 11.9. The number of carbonyl (C=O) groups is 2. The van der Waals surface area contributed by atoms with Crippen LogP contribution in [0.15, 0.2) is 0 Å². The van der Waals surface area contributed by atoms with Crippen LogP contribution in [0.3, 0.4) is 0 Å².